The van der Waals surface area contributed by atoms with Crippen LogP contribution in [0.2, 0.25) is 0 Å². The molecule has 2 aromatic carbocycles. The van der Waals surface area contributed by atoms with Gasteiger partial charge in [-0.05, 0) is 55.3 Å². The molecule has 1 N–H and O–H groups in total. The van der Waals surface area contributed by atoms with Crippen LogP contribution in [-0.4, -0.2) is 23.2 Å². The third-order valence-electron chi connectivity index (χ3n) is 4.02. The Morgan fingerprint density at radius 3 is 2.52 bits per heavy atom. The summed E-state index contributed by atoms with van der Waals surface area (Å²) in [5.74, 6) is -0.244. The molecule has 4 heteroatoms. The zero-order chi connectivity index (χ0) is 16.6. The van der Waals surface area contributed by atoms with E-state index in [0.29, 0.717) is 22.3 Å². The molecule has 0 saturated carbocycles. The van der Waals surface area contributed by atoms with Gasteiger partial charge in [0.05, 0.1) is 23.9 Å². The number of fused-ring (bicyclic) bond motifs is 1. The van der Waals surface area contributed by atoms with Crippen LogP contribution in [0.25, 0.3) is 22.2 Å². The van der Waals surface area contributed by atoms with Crippen LogP contribution in [0.3, 0.4) is 0 Å². The van der Waals surface area contributed by atoms with Gasteiger partial charge in [-0.2, -0.15) is 0 Å². The molecular formula is C19H17NO3. The molecule has 0 aliphatic carbocycles. The van der Waals surface area contributed by atoms with E-state index in [2.05, 4.69) is 4.98 Å². The molecular weight excluding hydrogens is 290 g/mol. The van der Waals surface area contributed by atoms with Crippen molar-refractivity contribution < 1.29 is 14.6 Å². The smallest absolute Gasteiger partial charge is 0.336 e. The zero-order valence-corrected chi connectivity index (χ0v) is 13.3. The summed E-state index contributed by atoms with van der Waals surface area (Å²) >= 11 is 0. The van der Waals surface area contributed by atoms with Gasteiger partial charge in [0.1, 0.15) is 5.75 Å². The number of aromatic nitrogens is 1. The van der Waals surface area contributed by atoms with Crippen LogP contribution in [0.15, 0.2) is 42.5 Å². The van der Waals surface area contributed by atoms with Crippen LogP contribution in [-0.2, 0) is 0 Å². The van der Waals surface area contributed by atoms with Crippen LogP contribution in [0, 0.1) is 13.8 Å². The van der Waals surface area contributed by atoms with Crippen molar-refractivity contribution in [3.63, 3.8) is 0 Å². The van der Waals surface area contributed by atoms with Crippen molar-refractivity contribution in [1.29, 1.82) is 0 Å². The van der Waals surface area contributed by atoms with Crippen LogP contribution < -0.4 is 4.74 Å². The maximum absolute atomic E-state index is 11.7. The summed E-state index contributed by atoms with van der Waals surface area (Å²) in [5, 5.41) is 10.2. The fraction of sp³-hybridized carbons (Fsp3) is 0.158. The summed E-state index contributed by atoms with van der Waals surface area (Å²) in [6, 6.07) is 12.9. The number of hydrogen-bond acceptors (Lipinski definition) is 3. The van der Waals surface area contributed by atoms with Gasteiger partial charge >= 0.3 is 5.97 Å². The number of benzene rings is 2. The van der Waals surface area contributed by atoms with Crippen molar-refractivity contribution in [2.45, 2.75) is 13.8 Å². The highest BCUT2D eigenvalue weighted by Gasteiger charge is 2.14. The highest BCUT2D eigenvalue weighted by Crippen LogP contribution is 2.28. The number of carbonyl (C=O) groups is 1. The summed E-state index contributed by atoms with van der Waals surface area (Å²) in [5.41, 5.74) is 4.53. The Kier molecular flexibility index (Phi) is 3.74. The number of methoxy groups -OCH3 is 1. The lowest BCUT2D eigenvalue weighted by Crippen LogP contribution is -2.01. The van der Waals surface area contributed by atoms with Gasteiger partial charge in [-0.25, -0.2) is 9.78 Å². The Hall–Kier alpha value is -2.88. The molecule has 3 aromatic rings. The average Bonchev–Trinajstić information content (AvgIpc) is 2.55. The molecule has 23 heavy (non-hydrogen) atoms. The molecule has 3 rings (SSSR count). The monoisotopic (exact) mass is 307 g/mol. The average molecular weight is 307 g/mol. The van der Waals surface area contributed by atoms with Crippen molar-refractivity contribution >= 4 is 16.9 Å². The van der Waals surface area contributed by atoms with Gasteiger partial charge in [-0.15, -0.1) is 0 Å². The predicted molar refractivity (Wildman–Crippen MR) is 90.2 cm³/mol. The van der Waals surface area contributed by atoms with E-state index in [0.717, 1.165) is 16.7 Å². The number of carboxylic acids is 1. The summed E-state index contributed by atoms with van der Waals surface area (Å²) in [7, 11) is 1.60. The number of nitrogens with zero attached hydrogens (tertiary/aromatic N) is 1. The molecule has 1 aromatic heterocycles. The van der Waals surface area contributed by atoms with E-state index in [-0.39, 0.29) is 5.56 Å². The summed E-state index contributed by atoms with van der Waals surface area (Å²) in [6.07, 6.45) is 0. The highest BCUT2D eigenvalue weighted by molar-refractivity contribution is 6.04. The lowest BCUT2D eigenvalue weighted by Gasteiger charge is -2.10. The quantitative estimate of drug-likeness (QED) is 0.787. The first-order chi connectivity index (χ1) is 11.0. The van der Waals surface area contributed by atoms with E-state index in [1.165, 1.54) is 0 Å². The summed E-state index contributed by atoms with van der Waals surface area (Å²) in [4.78, 5) is 16.3. The summed E-state index contributed by atoms with van der Waals surface area (Å²) in [6.45, 7) is 3.96. The van der Waals surface area contributed by atoms with Crippen LogP contribution >= 0.6 is 0 Å². The van der Waals surface area contributed by atoms with Crippen molar-refractivity contribution in [1.82, 2.24) is 4.98 Å². The van der Waals surface area contributed by atoms with E-state index >= 15 is 0 Å². The van der Waals surface area contributed by atoms with Gasteiger partial charge in [-0.1, -0.05) is 12.1 Å². The number of aryl methyl sites for hydroxylation is 2. The van der Waals surface area contributed by atoms with E-state index in [1.807, 2.05) is 50.2 Å². The maximum atomic E-state index is 11.7. The highest BCUT2D eigenvalue weighted by atomic mass is 16.5. The minimum atomic E-state index is -0.954. The normalized spacial score (nSPS) is 10.7. The number of pyridine rings is 1. The Morgan fingerprint density at radius 2 is 1.83 bits per heavy atom. The van der Waals surface area contributed by atoms with Crippen LogP contribution in [0.5, 0.6) is 5.75 Å². The molecule has 0 atom stereocenters. The Morgan fingerprint density at radius 1 is 1.09 bits per heavy atom. The number of aromatic carboxylic acids is 1. The molecule has 0 aliphatic rings. The number of carboxylic acid groups (broad SMARTS) is 1. The van der Waals surface area contributed by atoms with Gasteiger partial charge in [0.2, 0.25) is 0 Å². The van der Waals surface area contributed by atoms with Crippen LogP contribution in [0.1, 0.15) is 21.5 Å². The fourth-order valence-electron chi connectivity index (χ4n) is 2.59. The predicted octanol–water partition coefficient (Wildman–Crippen LogP) is 4.23. The molecule has 0 spiro atoms. The number of ether oxygens (including phenoxy) is 1. The van der Waals surface area contributed by atoms with Gasteiger partial charge in [0.25, 0.3) is 0 Å². The fourth-order valence-corrected chi connectivity index (χ4v) is 2.59. The van der Waals surface area contributed by atoms with Crippen molar-refractivity contribution in [3.05, 3.63) is 59.2 Å². The molecule has 0 bridgehead atoms. The van der Waals surface area contributed by atoms with Crippen molar-refractivity contribution in [2.75, 3.05) is 7.11 Å². The van der Waals surface area contributed by atoms with Gasteiger partial charge in [0.15, 0.2) is 0 Å². The second-order valence-electron chi connectivity index (χ2n) is 5.55. The van der Waals surface area contributed by atoms with Gasteiger partial charge in [0, 0.05) is 10.9 Å². The largest absolute Gasteiger partial charge is 0.497 e. The maximum Gasteiger partial charge on any atom is 0.336 e. The lowest BCUT2D eigenvalue weighted by atomic mass is 10.00. The van der Waals surface area contributed by atoms with E-state index in [9.17, 15) is 9.90 Å². The Bertz CT molecular complexity index is 916. The first-order valence-electron chi connectivity index (χ1n) is 7.29. The SMILES string of the molecule is COc1cccc(-c2cc(C(=O)O)c3cc(C)c(C)cc3n2)c1. The second-order valence-corrected chi connectivity index (χ2v) is 5.55. The molecule has 0 radical (unpaired) electrons. The molecule has 0 fully saturated rings. The Balaban J connectivity index is 2.30. The van der Waals surface area contributed by atoms with E-state index in [1.54, 1.807) is 13.2 Å². The third kappa shape index (κ3) is 2.75. The molecule has 0 saturated heterocycles. The number of hydrogen-bond donors (Lipinski definition) is 1. The first-order valence-corrected chi connectivity index (χ1v) is 7.29. The first kappa shape index (κ1) is 15.0. The lowest BCUT2D eigenvalue weighted by molar-refractivity contribution is 0.0699. The molecule has 4 nitrogen and oxygen atoms in total. The zero-order valence-electron chi connectivity index (χ0n) is 13.3. The van der Waals surface area contributed by atoms with E-state index < -0.39 is 5.97 Å². The van der Waals surface area contributed by atoms with Crippen molar-refractivity contribution in [3.8, 4) is 17.0 Å². The van der Waals surface area contributed by atoms with E-state index in [4.69, 9.17) is 4.74 Å². The summed E-state index contributed by atoms with van der Waals surface area (Å²) < 4.78 is 5.23. The number of rotatable bonds is 3. The van der Waals surface area contributed by atoms with Gasteiger partial charge < -0.3 is 9.84 Å². The second kappa shape index (κ2) is 5.72. The Labute approximate surface area is 134 Å². The standard InChI is InChI=1S/C19H17NO3/c1-11-7-15-16(19(21)22)10-17(20-18(15)8-12(11)2)13-5-4-6-14(9-13)23-3/h4-10H,1-3H3,(H,21,22). The molecule has 0 unspecified atom stereocenters. The van der Waals surface area contributed by atoms with Gasteiger partial charge in [-0.3, -0.25) is 0 Å². The molecule has 0 aliphatic heterocycles. The molecule has 1 heterocycles. The minimum absolute atomic E-state index is 0.260. The molecule has 116 valence electrons. The van der Waals surface area contributed by atoms with Crippen LogP contribution in [0.4, 0.5) is 0 Å². The topological polar surface area (TPSA) is 59.4 Å². The third-order valence-corrected chi connectivity index (χ3v) is 4.02. The minimum Gasteiger partial charge on any atom is -0.497 e. The molecule has 0 amide bonds. The van der Waals surface area contributed by atoms with Crippen molar-refractivity contribution in [2.24, 2.45) is 0 Å².